The highest BCUT2D eigenvalue weighted by atomic mass is 32.2. The van der Waals surface area contributed by atoms with Gasteiger partial charge >= 0.3 is 0 Å². The summed E-state index contributed by atoms with van der Waals surface area (Å²) in [6.45, 7) is 0.465. The smallest absolute Gasteiger partial charge is 0.238 e. The van der Waals surface area contributed by atoms with Crippen LogP contribution in [-0.2, 0) is 14.8 Å². The van der Waals surface area contributed by atoms with Crippen molar-refractivity contribution in [1.29, 1.82) is 0 Å². The van der Waals surface area contributed by atoms with Crippen molar-refractivity contribution < 1.29 is 17.9 Å². The van der Waals surface area contributed by atoms with E-state index >= 15 is 0 Å². The van der Waals surface area contributed by atoms with E-state index in [1.807, 2.05) is 0 Å². The second kappa shape index (κ2) is 6.64. The van der Waals surface area contributed by atoms with Gasteiger partial charge in [0, 0.05) is 5.92 Å². The SMILES string of the molecule is COc1ccc(S(N)(=O)=O)cc1NC(=O)[C@@H]1CCC[C@@H]1CN. The summed E-state index contributed by atoms with van der Waals surface area (Å²) in [5.41, 5.74) is 5.99. The fourth-order valence-corrected chi connectivity index (χ4v) is 3.39. The lowest BCUT2D eigenvalue weighted by Crippen LogP contribution is -2.30. The first kappa shape index (κ1) is 16.7. The molecular formula is C14H21N3O4S. The van der Waals surface area contributed by atoms with Crippen LogP contribution in [0.4, 0.5) is 5.69 Å². The van der Waals surface area contributed by atoms with Crippen LogP contribution in [0.15, 0.2) is 23.1 Å². The number of sulfonamides is 1. The maximum Gasteiger partial charge on any atom is 0.238 e. The van der Waals surface area contributed by atoms with E-state index in [0.717, 1.165) is 19.3 Å². The number of anilines is 1. The van der Waals surface area contributed by atoms with E-state index in [-0.39, 0.29) is 22.6 Å². The number of ether oxygens (including phenoxy) is 1. The van der Waals surface area contributed by atoms with Gasteiger partial charge in [0.1, 0.15) is 5.75 Å². The second-order valence-electron chi connectivity index (χ2n) is 5.43. The molecule has 2 rings (SSSR count). The molecular weight excluding hydrogens is 306 g/mol. The third-order valence-corrected chi connectivity index (χ3v) is 4.97. The van der Waals surface area contributed by atoms with Gasteiger partial charge in [-0.15, -0.1) is 0 Å². The number of hydrogen-bond donors (Lipinski definition) is 3. The van der Waals surface area contributed by atoms with Crippen LogP contribution in [0.3, 0.4) is 0 Å². The van der Waals surface area contributed by atoms with Crippen molar-refractivity contribution in [3.05, 3.63) is 18.2 Å². The molecule has 1 amide bonds. The average Bonchev–Trinajstić information content (AvgIpc) is 2.94. The molecule has 1 aromatic rings. The minimum absolute atomic E-state index is 0.0783. The Morgan fingerprint density at radius 2 is 2.14 bits per heavy atom. The molecule has 0 radical (unpaired) electrons. The van der Waals surface area contributed by atoms with Crippen molar-refractivity contribution in [2.24, 2.45) is 22.7 Å². The van der Waals surface area contributed by atoms with Crippen LogP contribution < -0.4 is 20.9 Å². The number of hydrogen-bond acceptors (Lipinski definition) is 5. The van der Waals surface area contributed by atoms with E-state index in [1.54, 1.807) is 0 Å². The first-order valence-corrected chi connectivity index (χ1v) is 8.63. The molecule has 7 nitrogen and oxygen atoms in total. The predicted molar refractivity (Wildman–Crippen MR) is 82.9 cm³/mol. The molecule has 0 aromatic heterocycles. The largest absolute Gasteiger partial charge is 0.495 e. The van der Waals surface area contributed by atoms with Gasteiger partial charge in [-0.05, 0) is 43.5 Å². The van der Waals surface area contributed by atoms with Crippen LogP contribution in [0.2, 0.25) is 0 Å². The summed E-state index contributed by atoms with van der Waals surface area (Å²) in [5.74, 6) is 0.209. The number of nitrogens with two attached hydrogens (primary N) is 2. The summed E-state index contributed by atoms with van der Waals surface area (Å²) in [5, 5.41) is 7.86. The van der Waals surface area contributed by atoms with Crippen LogP contribution in [0.5, 0.6) is 5.75 Å². The van der Waals surface area contributed by atoms with E-state index in [4.69, 9.17) is 15.6 Å². The van der Waals surface area contributed by atoms with Gasteiger partial charge in [-0.2, -0.15) is 0 Å². The number of carbonyl (C=O) groups excluding carboxylic acids is 1. The topological polar surface area (TPSA) is 125 Å². The zero-order valence-electron chi connectivity index (χ0n) is 12.4. The van der Waals surface area contributed by atoms with Gasteiger partial charge in [0.15, 0.2) is 0 Å². The van der Waals surface area contributed by atoms with Gasteiger partial charge in [0.2, 0.25) is 15.9 Å². The number of methoxy groups -OCH3 is 1. The normalized spacial score (nSPS) is 21.6. The maximum absolute atomic E-state index is 12.4. The Kier molecular flexibility index (Phi) is 5.05. The fraction of sp³-hybridized carbons (Fsp3) is 0.500. The first-order valence-electron chi connectivity index (χ1n) is 7.08. The lowest BCUT2D eigenvalue weighted by Gasteiger charge is -2.18. The highest BCUT2D eigenvalue weighted by Gasteiger charge is 2.32. The molecule has 1 fully saturated rings. The molecule has 2 atom stereocenters. The summed E-state index contributed by atoms with van der Waals surface area (Å²) in [7, 11) is -2.40. The summed E-state index contributed by atoms with van der Waals surface area (Å²) in [6.07, 6.45) is 2.68. The summed E-state index contributed by atoms with van der Waals surface area (Å²) in [6, 6.07) is 4.10. The van der Waals surface area contributed by atoms with Gasteiger partial charge in [0.05, 0.1) is 17.7 Å². The van der Waals surface area contributed by atoms with E-state index in [1.165, 1.54) is 25.3 Å². The fourth-order valence-electron chi connectivity index (χ4n) is 2.85. The average molecular weight is 327 g/mol. The van der Waals surface area contributed by atoms with Crippen molar-refractivity contribution in [3.63, 3.8) is 0 Å². The van der Waals surface area contributed by atoms with Crippen molar-refractivity contribution in [2.45, 2.75) is 24.2 Å². The van der Waals surface area contributed by atoms with E-state index in [2.05, 4.69) is 5.32 Å². The molecule has 1 aliphatic rings. The van der Waals surface area contributed by atoms with Crippen LogP contribution in [0.1, 0.15) is 19.3 Å². The lowest BCUT2D eigenvalue weighted by atomic mass is 9.95. The molecule has 22 heavy (non-hydrogen) atoms. The molecule has 0 bridgehead atoms. The van der Waals surface area contributed by atoms with Crippen LogP contribution >= 0.6 is 0 Å². The summed E-state index contributed by atoms with van der Waals surface area (Å²) < 4.78 is 28.0. The zero-order chi connectivity index (χ0) is 16.3. The molecule has 1 saturated carbocycles. The Hall–Kier alpha value is -1.64. The number of amides is 1. The quantitative estimate of drug-likeness (QED) is 0.732. The van der Waals surface area contributed by atoms with Gasteiger partial charge < -0.3 is 15.8 Å². The predicted octanol–water partition coefficient (Wildman–Crippen LogP) is 0.656. The number of benzene rings is 1. The Bertz CT molecular complexity index is 660. The highest BCUT2D eigenvalue weighted by Crippen LogP contribution is 2.33. The first-order chi connectivity index (χ1) is 10.4. The summed E-state index contributed by atoms with van der Waals surface area (Å²) in [4.78, 5) is 12.3. The number of carbonyl (C=O) groups is 1. The Morgan fingerprint density at radius 3 is 2.73 bits per heavy atom. The minimum Gasteiger partial charge on any atom is -0.495 e. The second-order valence-corrected chi connectivity index (χ2v) is 6.99. The van der Waals surface area contributed by atoms with Crippen molar-refractivity contribution in [1.82, 2.24) is 0 Å². The Balaban J connectivity index is 2.26. The van der Waals surface area contributed by atoms with Crippen LogP contribution in [0.25, 0.3) is 0 Å². The minimum atomic E-state index is -3.85. The number of nitrogens with one attached hydrogen (secondary N) is 1. The van der Waals surface area contributed by atoms with Gasteiger partial charge in [-0.25, -0.2) is 13.6 Å². The van der Waals surface area contributed by atoms with Crippen LogP contribution in [0, 0.1) is 11.8 Å². The molecule has 5 N–H and O–H groups in total. The maximum atomic E-state index is 12.4. The monoisotopic (exact) mass is 327 g/mol. The van der Waals surface area contributed by atoms with Crippen molar-refractivity contribution in [3.8, 4) is 5.75 Å². The van der Waals surface area contributed by atoms with Crippen molar-refractivity contribution in [2.75, 3.05) is 19.0 Å². The molecule has 122 valence electrons. The Labute approximate surface area is 130 Å². The van der Waals surface area contributed by atoms with E-state index in [9.17, 15) is 13.2 Å². The molecule has 0 saturated heterocycles. The van der Waals surface area contributed by atoms with Crippen molar-refractivity contribution >= 4 is 21.6 Å². The van der Waals surface area contributed by atoms with Gasteiger partial charge in [0.25, 0.3) is 0 Å². The van der Waals surface area contributed by atoms with Crippen LogP contribution in [-0.4, -0.2) is 28.0 Å². The molecule has 0 aliphatic heterocycles. The molecule has 1 aliphatic carbocycles. The Morgan fingerprint density at radius 1 is 1.41 bits per heavy atom. The third kappa shape index (κ3) is 3.57. The zero-order valence-corrected chi connectivity index (χ0v) is 13.2. The lowest BCUT2D eigenvalue weighted by molar-refractivity contribution is -0.120. The van der Waals surface area contributed by atoms with Gasteiger partial charge in [-0.3, -0.25) is 4.79 Å². The molecule has 1 aromatic carbocycles. The summed E-state index contributed by atoms with van der Waals surface area (Å²) >= 11 is 0. The standard InChI is InChI=1S/C14H21N3O4S/c1-21-13-6-5-10(22(16,19)20)7-12(13)17-14(18)11-4-2-3-9(11)8-15/h5-7,9,11H,2-4,8,15H2,1H3,(H,17,18)(H2,16,19,20)/t9-,11-/m1/s1. The number of rotatable bonds is 5. The van der Waals surface area contributed by atoms with Gasteiger partial charge in [-0.1, -0.05) is 6.42 Å². The molecule has 0 heterocycles. The number of primary sulfonamides is 1. The molecule has 0 unspecified atom stereocenters. The third-order valence-electron chi connectivity index (χ3n) is 4.06. The molecule has 8 heteroatoms. The van der Waals surface area contributed by atoms with E-state index in [0.29, 0.717) is 18.0 Å². The van der Waals surface area contributed by atoms with E-state index < -0.39 is 10.0 Å². The molecule has 0 spiro atoms. The highest BCUT2D eigenvalue weighted by molar-refractivity contribution is 7.89.